The predicted molar refractivity (Wildman–Crippen MR) is 105 cm³/mol. The van der Waals surface area contributed by atoms with Gasteiger partial charge < -0.3 is 10.4 Å². The van der Waals surface area contributed by atoms with E-state index >= 15 is 0 Å². The van der Waals surface area contributed by atoms with Gasteiger partial charge in [-0.3, -0.25) is 9.59 Å². The van der Waals surface area contributed by atoms with Crippen molar-refractivity contribution in [1.29, 1.82) is 0 Å². The molecule has 2 aliphatic rings. The van der Waals surface area contributed by atoms with Crippen LogP contribution in [-0.2, 0) is 19.6 Å². The van der Waals surface area contributed by atoms with Crippen molar-refractivity contribution in [3.05, 3.63) is 24.3 Å². The molecule has 8 heteroatoms. The van der Waals surface area contributed by atoms with Gasteiger partial charge in [-0.1, -0.05) is 19.8 Å². The second-order valence-electron chi connectivity index (χ2n) is 7.94. The number of benzene rings is 1. The van der Waals surface area contributed by atoms with Crippen molar-refractivity contribution < 1.29 is 23.1 Å². The van der Waals surface area contributed by atoms with E-state index in [9.17, 15) is 23.1 Å². The van der Waals surface area contributed by atoms with Crippen LogP contribution >= 0.6 is 0 Å². The Bertz CT molecular complexity index is 814. The Balaban J connectivity index is 1.67. The molecule has 1 heterocycles. The summed E-state index contributed by atoms with van der Waals surface area (Å²) in [7, 11) is -3.53. The van der Waals surface area contributed by atoms with Gasteiger partial charge in [0.05, 0.1) is 16.7 Å². The van der Waals surface area contributed by atoms with Gasteiger partial charge in [0.2, 0.25) is 15.9 Å². The van der Waals surface area contributed by atoms with Gasteiger partial charge >= 0.3 is 5.97 Å². The van der Waals surface area contributed by atoms with Crippen molar-refractivity contribution in [3.8, 4) is 0 Å². The van der Waals surface area contributed by atoms with Crippen LogP contribution in [0.25, 0.3) is 0 Å². The smallest absolute Gasteiger partial charge is 0.307 e. The number of amides is 1. The number of piperidine rings is 1. The summed E-state index contributed by atoms with van der Waals surface area (Å²) in [6, 6.07) is 6.13. The Hall–Kier alpha value is -1.93. The van der Waals surface area contributed by atoms with Crippen LogP contribution < -0.4 is 5.32 Å². The fraction of sp³-hybridized carbons (Fsp3) is 0.600. The van der Waals surface area contributed by atoms with Gasteiger partial charge in [0.1, 0.15) is 0 Å². The van der Waals surface area contributed by atoms with Gasteiger partial charge in [0.25, 0.3) is 0 Å². The van der Waals surface area contributed by atoms with Crippen molar-refractivity contribution in [2.45, 2.75) is 50.3 Å². The molecule has 2 fully saturated rings. The van der Waals surface area contributed by atoms with E-state index in [0.717, 1.165) is 25.7 Å². The highest BCUT2D eigenvalue weighted by molar-refractivity contribution is 7.89. The lowest BCUT2D eigenvalue weighted by atomic mass is 9.78. The molecule has 1 aromatic rings. The molecule has 1 amide bonds. The van der Waals surface area contributed by atoms with Gasteiger partial charge in [0, 0.05) is 18.8 Å². The SMILES string of the molecule is CC1CCN(S(=O)(=O)c2ccc(NC(=O)C3CCCC[C@@H]3C(=O)O)cc2)CC1. The Labute approximate surface area is 166 Å². The number of carbonyl (C=O) groups excluding carboxylic acids is 1. The van der Waals surface area contributed by atoms with Gasteiger partial charge in [-0.05, 0) is 55.9 Å². The van der Waals surface area contributed by atoms with E-state index < -0.39 is 27.8 Å². The van der Waals surface area contributed by atoms with Crippen LogP contribution in [0.4, 0.5) is 5.69 Å². The van der Waals surface area contributed by atoms with Crippen molar-refractivity contribution in [2.24, 2.45) is 17.8 Å². The minimum atomic E-state index is -3.53. The van der Waals surface area contributed by atoms with Crippen LogP contribution in [-0.4, -0.2) is 42.8 Å². The molecule has 28 heavy (non-hydrogen) atoms. The van der Waals surface area contributed by atoms with Gasteiger partial charge in [-0.15, -0.1) is 0 Å². The summed E-state index contributed by atoms with van der Waals surface area (Å²) in [6.45, 7) is 3.18. The minimum Gasteiger partial charge on any atom is -0.481 e. The maximum atomic E-state index is 12.8. The number of hydrogen-bond donors (Lipinski definition) is 2. The number of sulfonamides is 1. The van der Waals surface area contributed by atoms with Gasteiger partial charge in [0.15, 0.2) is 0 Å². The Morgan fingerprint density at radius 1 is 1.00 bits per heavy atom. The molecular weight excluding hydrogens is 380 g/mol. The van der Waals surface area contributed by atoms with Crippen LogP contribution in [0.15, 0.2) is 29.2 Å². The number of carboxylic acid groups (broad SMARTS) is 1. The highest BCUT2D eigenvalue weighted by Crippen LogP contribution is 2.31. The second kappa shape index (κ2) is 8.61. The molecule has 0 aromatic heterocycles. The molecule has 1 saturated heterocycles. The van der Waals surface area contributed by atoms with Crippen molar-refractivity contribution in [3.63, 3.8) is 0 Å². The van der Waals surface area contributed by atoms with Gasteiger partial charge in [-0.25, -0.2) is 8.42 Å². The summed E-state index contributed by atoms with van der Waals surface area (Å²) in [4.78, 5) is 24.1. The predicted octanol–water partition coefficient (Wildman–Crippen LogP) is 2.94. The van der Waals surface area contributed by atoms with Crippen LogP contribution in [0.5, 0.6) is 0 Å². The van der Waals surface area contributed by atoms with Crippen LogP contribution in [0.3, 0.4) is 0 Å². The van der Waals surface area contributed by atoms with E-state index in [-0.39, 0.29) is 10.8 Å². The lowest BCUT2D eigenvalue weighted by Gasteiger charge is -2.29. The number of hydrogen-bond acceptors (Lipinski definition) is 4. The summed E-state index contributed by atoms with van der Waals surface area (Å²) >= 11 is 0. The lowest BCUT2D eigenvalue weighted by Crippen LogP contribution is -2.37. The van der Waals surface area contributed by atoms with Crippen LogP contribution in [0.1, 0.15) is 45.4 Å². The van der Waals surface area contributed by atoms with E-state index in [2.05, 4.69) is 12.2 Å². The molecule has 1 aliphatic carbocycles. The first-order valence-corrected chi connectivity index (χ1v) is 11.4. The number of rotatable bonds is 5. The average Bonchev–Trinajstić information content (AvgIpc) is 2.68. The molecule has 3 rings (SSSR count). The molecule has 1 aromatic carbocycles. The molecule has 1 aliphatic heterocycles. The zero-order valence-electron chi connectivity index (χ0n) is 16.1. The molecule has 1 saturated carbocycles. The second-order valence-corrected chi connectivity index (χ2v) is 9.87. The summed E-state index contributed by atoms with van der Waals surface area (Å²) in [5.74, 6) is -1.91. The summed E-state index contributed by atoms with van der Waals surface area (Å²) < 4.78 is 27.0. The lowest BCUT2D eigenvalue weighted by molar-refractivity contribution is -0.147. The zero-order chi connectivity index (χ0) is 20.3. The summed E-state index contributed by atoms with van der Waals surface area (Å²) in [5.41, 5.74) is 0.478. The maximum Gasteiger partial charge on any atom is 0.307 e. The number of nitrogens with one attached hydrogen (secondary N) is 1. The zero-order valence-corrected chi connectivity index (χ0v) is 17.0. The van der Waals surface area contributed by atoms with Gasteiger partial charge in [-0.2, -0.15) is 4.31 Å². The largest absolute Gasteiger partial charge is 0.481 e. The third kappa shape index (κ3) is 4.55. The van der Waals surface area contributed by atoms with E-state index in [4.69, 9.17) is 0 Å². The monoisotopic (exact) mass is 408 g/mol. The average molecular weight is 409 g/mol. The van der Waals surface area contributed by atoms with Crippen LogP contribution in [0, 0.1) is 17.8 Å². The molecule has 1 unspecified atom stereocenters. The maximum absolute atomic E-state index is 12.8. The highest BCUT2D eigenvalue weighted by Gasteiger charge is 2.35. The summed E-state index contributed by atoms with van der Waals surface area (Å²) in [6.07, 6.45) is 4.46. The third-order valence-corrected chi connectivity index (χ3v) is 7.84. The number of anilines is 1. The molecule has 2 atom stereocenters. The molecule has 154 valence electrons. The molecule has 0 bridgehead atoms. The van der Waals surface area contributed by atoms with Crippen LogP contribution in [0.2, 0.25) is 0 Å². The quantitative estimate of drug-likeness (QED) is 0.780. The number of carbonyl (C=O) groups is 2. The molecular formula is C20H28N2O5S. The number of carboxylic acids is 1. The Morgan fingerprint density at radius 3 is 2.14 bits per heavy atom. The standard InChI is InChI=1S/C20H28N2O5S/c1-14-10-12-22(13-11-14)28(26,27)16-8-6-15(7-9-16)21-19(23)17-4-2-3-5-18(17)20(24)25/h6-9,14,17-18H,2-5,10-13H2,1H3,(H,21,23)(H,24,25)/t17?,18-/m0/s1. The van der Waals surface area contributed by atoms with Crippen molar-refractivity contribution in [2.75, 3.05) is 18.4 Å². The topological polar surface area (TPSA) is 104 Å². The summed E-state index contributed by atoms with van der Waals surface area (Å²) in [5, 5.41) is 12.1. The third-order valence-electron chi connectivity index (χ3n) is 5.92. The Kier molecular flexibility index (Phi) is 6.40. The first kappa shape index (κ1) is 20.8. The molecule has 2 N–H and O–H groups in total. The van der Waals surface area contributed by atoms with E-state index in [1.807, 2.05) is 0 Å². The fourth-order valence-corrected chi connectivity index (χ4v) is 5.53. The normalized spacial score (nSPS) is 24.6. The van der Waals surface area contributed by atoms with E-state index in [1.165, 1.54) is 16.4 Å². The fourth-order valence-electron chi connectivity index (χ4n) is 4.06. The Morgan fingerprint density at radius 2 is 1.57 bits per heavy atom. The van der Waals surface area contributed by atoms with Crippen molar-refractivity contribution >= 4 is 27.6 Å². The first-order valence-electron chi connectivity index (χ1n) is 9.93. The molecule has 0 spiro atoms. The van der Waals surface area contributed by atoms with E-state index in [1.54, 1.807) is 12.1 Å². The number of nitrogens with zero attached hydrogens (tertiary/aromatic N) is 1. The highest BCUT2D eigenvalue weighted by atomic mass is 32.2. The first-order chi connectivity index (χ1) is 13.3. The molecule has 0 radical (unpaired) electrons. The van der Waals surface area contributed by atoms with Crippen molar-refractivity contribution in [1.82, 2.24) is 4.31 Å². The number of aliphatic carboxylic acids is 1. The van der Waals surface area contributed by atoms with E-state index in [0.29, 0.717) is 37.5 Å². The minimum absolute atomic E-state index is 0.209. The molecule has 7 nitrogen and oxygen atoms in total.